The van der Waals surface area contributed by atoms with Crippen LogP contribution in [0.2, 0.25) is 0 Å². The van der Waals surface area contributed by atoms with Crippen LogP contribution >= 0.6 is 0 Å². The van der Waals surface area contributed by atoms with Crippen molar-refractivity contribution in [3.8, 4) is 5.75 Å². The SMILES string of the molecule is C/C=C\C[C@H]1[C@@H](OC(C)=O)c2c(ccc3ccc(=O)oc23)OC1(C)C. The summed E-state index contributed by atoms with van der Waals surface area (Å²) < 4.78 is 17.3. The van der Waals surface area contributed by atoms with Crippen LogP contribution in [0.15, 0.2) is 45.6 Å². The van der Waals surface area contributed by atoms with E-state index in [0.29, 0.717) is 23.3 Å². The van der Waals surface area contributed by atoms with Crippen LogP contribution in [0.4, 0.5) is 0 Å². The highest BCUT2D eigenvalue weighted by Gasteiger charge is 2.46. The summed E-state index contributed by atoms with van der Waals surface area (Å²) >= 11 is 0. The lowest BCUT2D eigenvalue weighted by Gasteiger charge is -2.44. The van der Waals surface area contributed by atoms with Gasteiger partial charge in [-0.25, -0.2) is 4.79 Å². The van der Waals surface area contributed by atoms with Crippen molar-refractivity contribution in [3.63, 3.8) is 0 Å². The number of carbonyl (C=O) groups is 1. The van der Waals surface area contributed by atoms with Gasteiger partial charge in [-0.3, -0.25) is 4.79 Å². The summed E-state index contributed by atoms with van der Waals surface area (Å²) in [7, 11) is 0. The summed E-state index contributed by atoms with van der Waals surface area (Å²) in [6.07, 6.45) is 4.11. The lowest BCUT2D eigenvalue weighted by molar-refractivity contribution is -0.157. The fraction of sp³-hybridized carbons (Fsp3) is 0.400. The van der Waals surface area contributed by atoms with E-state index in [4.69, 9.17) is 13.9 Å². The Kier molecular flexibility index (Phi) is 4.41. The first-order valence-electron chi connectivity index (χ1n) is 8.37. The van der Waals surface area contributed by atoms with Crippen molar-refractivity contribution in [2.75, 3.05) is 0 Å². The molecule has 0 N–H and O–H groups in total. The van der Waals surface area contributed by atoms with Crippen molar-refractivity contribution in [1.82, 2.24) is 0 Å². The molecule has 1 aliphatic heterocycles. The number of esters is 1. The fourth-order valence-corrected chi connectivity index (χ4v) is 3.43. The molecule has 2 atom stereocenters. The van der Waals surface area contributed by atoms with E-state index in [9.17, 15) is 9.59 Å². The third kappa shape index (κ3) is 3.18. The molecule has 3 rings (SSSR count). The van der Waals surface area contributed by atoms with Gasteiger partial charge >= 0.3 is 11.6 Å². The van der Waals surface area contributed by atoms with E-state index < -0.39 is 17.3 Å². The molecule has 0 fully saturated rings. The van der Waals surface area contributed by atoms with Crippen molar-refractivity contribution >= 4 is 16.9 Å². The van der Waals surface area contributed by atoms with Crippen LogP contribution in [0.1, 0.15) is 45.8 Å². The van der Waals surface area contributed by atoms with Gasteiger partial charge in [0.05, 0.1) is 5.56 Å². The fourth-order valence-electron chi connectivity index (χ4n) is 3.43. The van der Waals surface area contributed by atoms with Gasteiger partial charge in [-0.05, 0) is 45.4 Å². The molecule has 0 bridgehead atoms. The largest absolute Gasteiger partial charge is 0.487 e. The first-order chi connectivity index (χ1) is 11.8. The standard InChI is InChI=1S/C20H22O5/c1-5-6-7-14-19(23-12(2)21)17-15(25-20(14,3)4)10-8-13-9-11-16(22)24-18(13)17/h5-6,8-11,14,19H,7H2,1-4H3/b6-5-/t14-,19+/m0/s1. The Hall–Kier alpha value is -2.56. The van der Waals surface area contributed by atoms with Crippen LogP contribution in [0.3, 0.4) is 0 Å². The molecule has 25 heavy (non-hydrogen) atoms. The maximum absolute atomic E-state index is 11.8. The minimum Gasteiger partial charge on any atom is -0.487 e. The zero-order valence-electron chi connectivity index (χ0n) is 14.9. The van der Waals surface area contributed by atoms with E-state index in [0.717, 1.165) is 5.39 Å². The number of benzene rings is 1. The monoisotopic (exact) mass is 342 g/mol. The number of allylic oxidation sites excluding steroid dienone is 2. The average Bonchev–Trinajstić information content (AvgIpc) is 2.52. The smallest absolute Gasteiger partial charge is 0.336 e. The second-order valence-corrected chi connectivity index (χ2v) is 6.80. The summed E-state index contributed by atoms with van der Waals surface area (Å²) in [4.78, 5) is 23.5. The quantitative estimate of drug-likeness (QED) is 0.476. The van der Waals surface area contributed by atoms with Crippen LogP contribution in [0.25, 0.3) is 11.0 Å². The molecular weight excluding hydrogens is 320 g/mol. The molecule has 0 amide bonds. The summed E-state index contributed by atoms with van der Waals surface area (Å²) in [5.41, 5.74) is 0.0452. The molecule has 1 aliphatic rings. The summed E-state index contributed by atoms with van der Waals surface area (Å²) in [6, 6.07) is 6.75. The van der Waals surface area contributed by atoms with E-state index >= 15 is 0 Å². The minimum absolute atomic E-state index is 0.115. The van der Waals surface area contributed by atoms with Gasteiger partial charge in [-0.15, -0.1) is 0 Å². The van der Waals surface area contributed by atoms with Crippen molar-refractivity contribution in [1.29, 1.82) is 0 Å². The van der Waals surface area contributed by atoms with Crippen LogP contribution in [0, 0.1) is 5.92 Å². The Morgan fingerprint density at radius 2 is 2.00 bits per heavy atom. The predicted molar refractivity (Wildman–Crippen MR) is 94.6 cm³/mol. The van der Waals surface area contributed by atoms with Crippen LogP contribution in [-0.2, 0) is 9.53 Å². The molecule has 0 radical (unpaired) electrons. The highest BCUT2D eigenvalue weighted by Crippen LogP contribution is 2.49. The van der Waals surface area contributed by atoms with Crippen molar-refractivity contribution in [2.24, 2.45) is 5.92 Å². The van der Waals surface area contributed by atoms with Gasteiger partial charge in [0, 0.05) is 24.3 Å². The Bertz CT molecular complexity index is 891. The zero-order valence-corrected chi connectivity index (χ0v) is 14.9. The Morgan fingerprint density at radius 3 is 2.68 bits per heavy atom. The first kappa shape index (κ1) is 17.3. The molecule has 0 unspecified atom stereocenters. The molecule has 1 aromatic carbocycles. The molecule has 5 heteroatoms. The highest BCUT2D eigenvalue weighted by molar-refractivity contribution is 5.83. The van der Waals surface area contributed by atoms with Gasteiger partial charge in [0.25, 0.3) is 0 Å². The van der Waals surface area contributed by atoms with Crippen molar-refractivity contribution < 1.29 is 18.7 Å². The van der Waals surface area contributed by atoms with Gasteiger partial charge in [-0.1, -0.05) is 12.2 Å². The number of ether oxygens (including phenoxy) is 2. The number of fused-ring (bicyclic) bond motifs is 3. The topological polar surface area (TPSA) is 65.7 Å². The predicted octanol–water partition coefficient (Wildman–Crippen LogP) is 4.15. The maximum atomic E-state index is 11.8. The Morgan fingerprint density at radius 1 is 1.28 bits per heavy atom. The van der Waals surface area contributed by atoms with E-state index in [-0.39, 0.29) is 11.9 Å². The van der Waals surface area contributed by atoms with E-state index in [2.05, 4.69) is 0 Å². The van der Waals surface area contributed by atoms with Crippen LogP contribution in [-0.4, -0.2) is 11.6 Å². The minimum atomic E-state index is -0.554. The lowest BCUT2D eigenvalue weighted by atomic mass is 9.77. The van der Waals surface area contributed by atoms with Gasteiger partial charge in [0.1, 0.15) is 23.0 Å². The van der Waals surface area contributed by atoms with Crippen molar-refractivity contribution in [3.05, 3.63) is 52.4 Å². The number of rotatable bonds is 3. The summed E-state index contributed by atoms with van der Waals surface area (Å²) in [5.74, 6) is 0.0837. The van der Waals surface area contributed by atoms with Crippen LogP contribution in [0.5, 0.6) is 5.75 Å². The van der Waals surface area contributed by atoms with Crippen LogP contribution < -0.4 is 10.4 Å². The van der Waals surface area contributed by atoms with Gasteiger partial charge < -0.3 is 13.9 Å². The Labute approximate surface area is 146 Å². The van der Waals surface area contributed by atoms with Gasteiger partial charge in [-0.2, -0.15) is 0 Å². The Balaban J connectivity index is 2.26. The normalized spacial score (nSPS) is 21.8. The third-order valence-electron chi connectivity index (χ3n) is 4.62. The molecule has 5 nitrogen and oxygen atoms in total. The molecule has 1 aromatic heterocycles. The number of hydrogen-bond acceptors (Lipinski definition) is 5. The van der Waals surface area contributed by atoms with Gasteiger partial charge in [0.15, 0.2) is 0 Å². The molecule has 2 aromatic rings. The first-order valence-corrected chi connectivity index (χ1v) is 8.37. The molecule has 0 saturated heterocycles. The summed E-state index contributed by atoms with van der Waals surface area (Å²) in [6.45, 7) is 7.29. The second kappa shape index (κ2) is 6.39. The van der Waals surface area contributed by atoms with E-state index in [1.54, 1.807) is 6.07 Å². The highest BCUT2D eigenvalue weighted by atomic mass is 16.6. The third-order valence-corrected chi connectivity index (χ3v) is 4.62. The average molecular weight is 342 g/mol. The molecule has 2 heterocycles. The van der Waals surface area contributed by atoms with E-state index in [1.807, 2.05) is 45.1 Å². The number of carbonyl (C=O) groups excluding carboxylic acids is 1. The molecule has 0 spiro atoms. The molecule has 0 aliphatic carbocycles. The zero-order chi connectivity index (χ0) is 18.2. The number of hydrogen-bond donors (Lipinski definition) is 0. The van der Waals surface area contributed by atoms with Crippen molar-refractivity contribution in [2.45, 2.75) is 45.8 Å². The molecular formula is C20H22O5. The lowest BCUT2D eigenvalue weighted by Crippen LogP contribution is -2.45. The van der Waals surface area contributed by atoms with E-state index in [1.165, 1.54) is 13.0 Å². The van der Waals surface area contributed by atoms with Gasteiger partial charge in [0.2, 0.25) is 0 Å². The second-order valence-electron chi connectivity index (χ2n) is 6.80. The molecule has 0 saturated carbocycles. The maximum Gasteiger partial charge on any atom is 0.336 e. The summed E-state index contributed by atoms with van der Waals surface area (Å²) in [5, 5.41) is 0.767. The molecule has 132 valence electrons.